The van der Waals surface area contributed by atoms with Crippen LogP contribution in [0.15, 0.2) is 0 Å². The van der Waals surface area contributed by atoms with Crippen LogP contribution in [0.1, 0.15) is 33.1 Å². The highest BCUT2D eigenvalue weighted by atomic mass is 16.6. The van der Waals surface area contributed by atoms with Gasteiger partial charge in [-0.3, -0.25) is 0 Å². The molecule has 0 aromatic rings. The third-order valence-electron chi connectivity index (χ3n) is 2.50. The van der Waals surface area contributed by atoms with Crippen LogP contribution in [-0.2, 0) is 4.74 Å². The predicted molar refractivity (Wildman–Crippen MR) is 55.3 cm³/mol. The fourth-order valence-corrected chi connectivity index (χ4v) is 1.44. The molecule has 4 heteroatoms. The van der Waals surface area contributed by atoms with Crippen molar-refractivity contribution in [2.75, 3.05) is 13.1 Å². The average Bonchev–Trinajstić information content (AvgIpc) is 2.19. The second kappa shape index (κ2) is 5.86. The summed E-state index contributed by atoms with van der Waals surface area (Å²) < 4.78 is 5.12. The van der Waals surface area contributed by atoms with Gasteiger partial charge in [-0.25, -0.2) is 4.79 Å². The largest absolute Gasteiger partial charge is 0.447 e. The molecule has 2 atom stereocenters. The van der Waals surface area contributed by atoms with Crippen molar-refractivity contribution in [2.24, 2.45) is 0 Å². The summed E-state index contributed by atoms with van der Waals surface area (Å²) in [5, 5.41) is 6.10. The van der Waals surface area contributed by atoms with Crippen LogP contribution in [0, 0.1) is 0 Å². The standard InChI is InChI=1S/C10H20N2O2/c1-3-8(2)14-10(13)12-9-5-4-6-11-7-9/h8-9,11H,3-7H2,1-2H3,(H,12,13). The Labute approximate surface area is 85.4 Å². The SMILES string of the molecule is CCC(C)OC(=O)NC1CCCNC1. The maximum Gasteiger partial charge on any atom is 0.407 e. The lowest BCUT2D eigenvalue weighted by Crippen LogP contribution is -2.46. The molecule has 82 valence electrons. The Hall–Kier alpha value is -0.770. The molecular formula is C10H20N2O2. The molecule has 1 saturated heterocycles. The summed E-state index contributed by atoms with van der Waals surface area (Å²) in [4.78, 5) is 11.3. The molecule has 0 spiro atoms. The molecule has 0 aliphatic carbocycles. The second-order valence-electron chi connectivity index (χ2n) is 3.81. The summed E-state index contributed by atoms with van der Waals surface area (Å²) in [5.41, 5.74) is 0. The number of piperidine rings is 1. The highest BCUT2D eigenvalue weighted by Gasteiger charge is 2.16. The van der Waals surface area contributed by atoms with Crippen LogP contribution in [-0.4, -0.2) is 31.3 Å². The molecule has 1 rings (SSSR count). The van der Waals surface area contributed by atoms with Crippen molar-refractivity contribution >= 4 is 6.09 Å². The van der Waals surface area contributed by atoms with Crippen LogP contribution in [0.4, 0.5) is 4.79 Å². The number of hydrogen-bond acceptors (Lipinski definition) is 3. The molecule has 0 bridgehead atoms. The Morgan fingerprint density at radius 2 is 2.50 bits per heavy atom. The van der Waals surface area contributed by atoms with Crippen molar-refractivity contribution < 1.29 is 9.53 Å². The van der Waals surface area contributed by atoms with E-state index in [-0.39, 0.29) is 18.2 Å². The zero-order valence-corrected chi connectivity index (χ0v) is 9.01. The normalized spacial score (nSPS) is 24.0. The molecule has 2 N–H and O–H groups in total. The van der Waals surface area contributed by atoms with E-state index in [1.165, 1.54) is 0 Å². The summed E-state index contributed by atoms with van der Waals surface area (Å²) in [6.45, 7) is 5.81. The zero-order valence-electron chi connectivity index (χ0n) is 9.01. The Balaban J connectivity index is 2.18. The fraction of sp³-hybridized carbons (Fsp3) is 0.900. The number of nitrogens with one attached hydrogen (secondary N) is 2. The molecule has 1 amide bonds. The van der Waals surface area contributed by atoms with Gasteiger partial charge in [-0.1, -0.05) is 6.92 Å². The van der Waals surface area contributed by atoms with E-state index >= 15 is 0 Å². The van der Waals surface area contributed by atoms with Crippen molar-refractivity contribution in [2.45, 2.75) is 45.3 Å². The highest BCUT2D eigenvalue weighted by molar-refractivity contribution is 5.67. The molecular weight excluding hydrogens is 180 g/mol. The van der Waals surface area contributed by atoms with E-state index in [4.69, 9.17) is 4.74 Å². The molecule has 2 unspecified atom stereocenters. The Morgan fingerprint density at radius 3 is 3.07 bits per heavy atom. The first kappa shape index (κ1) is 11.3. The smallest absolute Gasteiger partial charge is 0.407 e. The van der Waals surface area contributed by atoms with Crippen molar-refractivity contribution in [1.82, 2.24) is 10.6 Å². The van der Waals surface area contributed by atoms with E-state index < -0.39 is 0 Å². The maximum atomic E-state index is 11.3. The third kappa shape index (κ3) is 3.96. The van der Waals surface area contributed by atoms with E-state index in [9.17, 15) is 4.79 Å². The number of carbonyl (C=O) groups is 1. The molecule has 0 saturated carbocycles. The lowest BCUT2D eigenvalue weighted by atomic mass is 10.1. The van der Waals surface area contributed by atoms with E-state index in [0.29, 0.717) is 0 Å². The average molecular weight is 200 g/mol. The molecule has 0 aromatic heterocycles. The monoisotopic (exact) mass is 200 g/mol. The zero-order chi connectivity index (χ0) is 10.4. The van der Waals surface area contributed by atoms with Gasteiger partial charge in [0.1, 0.15) is 6.10 Å². The molecule has 1 heterocycles. The van der Waals surface area contributed by atoms with Gasteiger partial charge >= 0.3 is 6.09 Å². The topological polar surface area (TPSA) is 50.4 Å². The summed E-state index contributed by atoms with van der Waals surface area (Å²) in [6, 6.07) is 0.236. The Bertz CT molecular complexity index is 179. The van der Waals surface area contributed by atoms with Crippen LogP contribution in [0.25, 0.3) is 0 Å². The van der Waals surface area contributed by atoms with Gasteiger partial charge in [0.2, 0.25) is 0 Å². The van der Waals surface area contributed by atoms with E-state index in [1.807, 2.05) is 13.8 Å². The van der Waals surface area contributed by atoms with Gasteiger partial charge in [0.15, 0.2) is 0 Å². The van der Waals surface area contributed by atoms with E-state index in [1.54, 1.807) is 0 Å². The van der Waals surface area contributed by atoms with Crippen LogP contribution in [0.2, 0.25) is 0 Å². The van der Waals surface area contributed by atoms with Crippen molar-refractivity contribution in [3.63, 3.8) is 0 Å². The molecule has 0 radical (unpaired) electrons. The van der Waals surface area contributed by atoms with Crippen LogP contribution < -0.4 is 10.6 Å². The highest BCUT2D eigenvalue weighted by Crippen LogP contribution is 2.02. The molecule has 4 nitrogen and oxygen atoms in total. The van der Waals surface area contributed by atoms with Gasteiger partial charge in [0, 0.05) is 12.6 Å². The summed E-state index contributed by atoms with van der Waals surface area (Å²) >= 11 is 0. The number of ether oxygens (including phenoxy) is 1. The molecule has 1 fully saturated rings. The first-order valence-electron chi connectivity index (χ1n) is 5.40. The van der Waals surface area contributed by atoms with Crippen molar-refractivity contribution in [3.8, 4) is 0 Å². The minimum Gasteiger partial charge on any atom is -0.447 e. The lowest BCUT2D eigenvalue weighted by Gasteiger charge is -2.24. The quantitative estimate of drug-likeness (QED) is 0.721. The number of hydrogen-bond donors (Lipinski definition) is 2. The number of amides is 1. The van der Waals surface area contributed by atoms with E-state index in [0.717, 1.165) is 32.4 Å². The minimum atomic E-state index is -0.284. The lowest BCUT2D eigenvalue weighted by molar-refractivity contribution is 0.100. The maximum absolute atomic E-state index is 11.3. The van der Waals surface area contributed by atoms with E-state index in [2.05, 4.69) is 10.6 Å². The Morgan fingerprint density at radius 1 is 1.71 bits per heavy atom. The molecule has 0 aromatic carbocycles. The van der Waals surface area contributed by atoms with Gasteiger partial charge in [-0.15, -0.1) is 0 Å². The first-order valence-corrected chi connectivity index (χ1v) is 5.40. The van der Waals surface area contributed by atoms with Crippen LogP contribution >= 0.6 is 0 Å². The van der Waals surface area contributed by atoms with Gasteiger partial charge in [0.05, 0.1) is 0 Å². The first-order chi connectivity index (χ1) is 6.72. The van der Waals surface area contributed by atoms with Crippen molar-refractivity contribution in [1.29, 1.82) is 0 Å². The summed E-state index contributed by atoms with van der Waals surface area (Å²) in [6.07, 6.45) is 2.74. The number of alkyl carbamates (subject to hydrolysis) is 1. The fourth-order valence-electron chi connectivity index (χ4n) is 1.44. The molecule has 14 heavy (non-hydrogen) atoms. The Kier molecular flexibility index (Phi) is 4.73. The number of carbonyl (C=O) groups excluding carboxylic acids is 1. The van der Waals surface area contributed by atoms with Crippen LogP contribution in [0.5, 0.6) is 0 Å². The molecule has 1 aliphatic rings. The van der Waals surface area contributed by atoms with Gasteiger partial charge in [-0.2, -0.15) is 0 Å². The third-order valence-corrected chi connectivity index (χ3v) is 2.50. The number of rotatable bonds is 3. The second-order valence-corrected chi connectivity index (χ2v) is 3.81. The molecule has 1 aliphatic heterocycles. The van der Waals surface area contributed by atoms with Gasteiger partial charge in [0.25, 0.3) is 0 Å². The van der Waals surface area contributed by atoms with Gasteiger partial charge < -0.3 is 15.4 Å². The summed E-state index contributed by atoms with van der Waals surface area (Å²) in [5.74, 6) is 0. The van der Waals surface area contributed by atoms with Gasteiger partial charge in [-0.05, 0) is 32.7 Å². The predicted octanol–water partition coefficient (Wildman–Crippen LogP) is 1.26. The minimum absolute atomic E-state index is 0.00606. The van der Waals surface area contributed by atoms with Crippen molar-refractivity contribution in [3.05, 3.63) is 0 Å². The summed E-state index contributed by atoms with van der Waals surface area (Å²) in [7, 11) is 0. The van der Waals surface area contributed by atoms with Crippen LogP contribution in [0.3, 0.4) is 0 Å².